The van der Waals surface area contributed by atoms with E-state index in [2.05, 4.69) is 40.2 Å². The van der Waals surface area contributed by atoms with Gasteiger partial charge in [0.2, 0.25) is 0 Å². The number of hydrogen-bond donors (Lipinski definition) is 1. The van der Waals surface area contributed by atoms with Crippen LogP contribution in [-0.4, -0.2) is 47.3 Å². The van der Waals surface area contributed by atoms with Crippen molar-refractivity contribution in [1.82, 2.24) is 15.1 Å². The van der Waals surface area contributed by atoms with Crippen molar-refractivity contribution in [2.45, 2.75) is 6.42 Å². The Morgan fingerprint density at radius 3 is 2.61 bits per heavy atom. The fraction of sp³-hybridized carbons (Fsp3) is 0.214. The zero-order valence-corrected chi connectivity index (χ0v) is 18.2. The quantitative estimate of drug-likeness (QED) is 0.474. The lowest BCUT2D eigenvalue weighted by Crippen LogP contribution is -2.45. The van der Waals surface area contributed by atoms with Gasteiger partial charge >= 0.3 is 0 Å². The molecule has 3 heterocycles. The second kappa shape index (κ2) is 7.91. The highest BCUT2D eigenvalue weighted by Crippen LogP contribution is 2.38. The van der Waals surface area contributed by atoms with E-state index >= 15 is 0 Å². The molecular weight excluding hydrogens is 410 g/mol. The lowest BCUT2D eigenvalue weighted by Gasteiger charge is -2.37. The highest BCUT2D eigenvalue weighted by Gasteiger charge is 2.45. The number of ether oxygens (including phenoxy) is 1. The first-order valence-corrected chi connectivity index (χ1v) is 11.2. The lowest BCUT2D eigenvalue weighted by atomic mass is 9.85. The van der Waals surface area contributed by atoms with Crippen LogP contribution in [0.25, 0.3) is 22.0 Å². The van der Waals surface area contributed by atoms with Gasteiger partial charge in [0.15, 0.2) is 0 Å². The van der Waals surface area contributed by atoms with E-state index < -0.39 is 0 Å². The summed E-state index contributed by atoms with van der Waals surface area (Å²) in [6.07, 6.45) is 1.02. The number of carbonyl (C=O) groups is 1. The predicted octanol–water partition coefficient (Wildman–Crippen LogP) is 4.49. The number of fused-ring (bicyclic) bond motifs is 1. The molecular formula is C28H23N3O2. The van der Waals surface area contributed by atoms with Gasteiger partial charge in [-0.2, -0.15) is 5.10 Å². The number of rotatable bonds is 2. The molecule has 6 rings (SSSR count). The third-order valence-electron chi connectivity index (χ3n) is 6.68. The lowest BCUT2D eigenvalue weighted by molar-refractivity contribution is -0.103. The van der Waals surface area contributed by atoms with Crippen LogP contribution in [0.1, 0.15) is 28.0 Å². The summed E-state index contributed by atoms with van der Waals surface area (Å²) in [5.41, 5.74) is 5.53. The number of H-pyrrole nitrogens is 1. The average molecular weight is 434 g/mol. The van der Waals surface area contributed by atoms with Gasteiger partial charge in [0, 0.05) is 35.0 Å². The van der Waals surface area contributed by atoms with Crippen LogP contribution in [0.15, 0.2) is 72.8 Å². The number of likely N-dealkylation sites (tertiary alicyclic amines) is 1. The standard InChI is InChI=1S/C28H23N3O2/c32-27(31-15-14-28(17-31)18-33-19-28)22-11-13-26-24(16-22)25(29-30-26)12-10-21-8-4-5-9-23(21)20-6-2-1-3-7-20/h1-9,11,13,16H,14-15,17-19H2,(H,29,30). The molecule has 162 valence electrons. The first-order chi connectivity index (χ1) is 16.2. The molecule has 33 heavy (non-hydrogen) atoms. The molecule has 5 heteroatoms. The first kappa shape index (κ1) is 19.8. The monoisotopic (exact) mass is 433 g/mol. The maximum Gasteiger partial charge on any atom is 0.253 e. The largest absolute Gasteiger partial charge is 0.380 e. The number of amides is 1. The normalized spacial score (nSPS) is 16.4. The van der Waals surface area contributed by atoms with Crippen molar-refractivity contribution < 1.29 is 9.53 Å². The van der Waals surface area contributed by atoms with Crippen molar-refractivity contribution in [3.05, 3.63) is 89.6 Å². The molecule has 1 N–H and O–H groups in total. The van der Waals surface area contributed by atoms with Crippen molar-refractivity contribution in [3.8, 4) is 23.0 Å². The Kier molecular flexibility index (Phi) is 4.74. The Morgan fingerprint density at radius 2 is 1.82 bits per heavy atom. The summed E-state index contributed by atoms with van der Waals surface area (Å²) in [6, 6.07) is 24.0. The van der Waals surface area contributed by atoms with Crippen LogP contribution in [0, 0.1) is 17.3 Å². The topological polar surface area (TPSA) is 58.2 Å². The van der Waals surface area contributed by atoms with Crippen LogP contribution in [0.4, 0.5) is 0 Å². The van der Waals surface area contributed by atoms with E-state index in [1.54, 1.807) is 0 Å². The van der Waals surface area contributed by atoms with Gasteiger partial charge in [-0.15, -0.1) is 0 Å². The summed E-state index contributed by atoms with van der Waals surface area (Å²) in [4.78, 5) is 15.1. The van der Waals surface area contributed by atoms with E-state index in [1.165, 1.54) is 0 Å². The average Bonchev–Trinajstić information content (AvgIpc) is 3.48. The summed E-state index contributed by atoms with van der Waals surface area (Å²) in [6.45, 7) is 3.09. The number of carbonyl (C=O) groups excluding carboxylic acids is 1. The Labute approximate surface area is 192 Å². The van der Waals surface area contributed by atoms with Crippen molar-refractivity contribution in [3.63, 3.8) is 0 Å². The highest BCUT2D eigenvalue weighted by molar-refractivity contribution is 5.99. The zero-order valence-electron chi connectivity index (χ0n) is 18.2. The Balaban J connectivity index is 1.31. The van der Waals surface area contributed by atoms with Gasteiger partial charge < -0.3 is 9.64 Å². The van der Waals surface area contributed by atoms with E-state index in [-0.39, 0.29) is 11.3 Å². The summed E-state index contributed by atoms with van der Waals surface area (Å²) in [5, 5.41) is 8.33. The van der Waals surface area contributed by atoms with Gasteiger partial charge in [-0.25, -0.2) is 0 Å². The van der Waals surface area contributed by atoms with E-state index in [1.807, 2.05) is 59.5 Å². The SMILES string of the molecule is O=C(c1ccc2[nH]nc(C#Cc3ccccc3-c3ccccc3)c2c1)N1CCC2(COC2)C1. The van der Waals surface area contributed by atoms with Crippen LogP contribution < -0.4 is 0 Å². The smallest absolute Gasteiger partial charge is 0.253 e. The van der Waals surface area contributed by atoms with Gasteiger partial charge in [0.1, 0.15) is 5.69 Å². The van der Waals surface area contributed by atoms with Crippen molar-refractivity contribution >= 4 is 16.8 Å². The molecule has 2 aliphatic rings. The van der Waals surface area contributed by atoms with Crippen LogP contribution in [-0.2, 0) is 4.74 Å². The minimum atomic E-state index is 0.0650. The molecule has 1 aromatic heterocycles. The number of aromatic nitrogens is 2. The molecule has 4 aromatic rings. The molecule has 1 amide bonds. The molecule has 0 radical (unpaired) electrons. The van der Waals surface area contributed by atoms with Crippen LogP contribution >= 0.6 is 0 Å². The molecule has 3 aromatic carbocycles. The van der Waals surface area contributed by atoms with Gasteiger partial charge in [-0.1, -0.05) is 54.5 Å². The molecule has 0 bridgehead atoms. The number of aromatic amines is 1. The Hall–Kier alpha value is -3.88. The third-order valence-corrected chi connectivity index (χ3v) is 6.68. The second-order valence-corrected chi connectivity index (χ2v) is 8.96. The zero-order chi connectivity index (χ0) is 22.3. The maximum absolute atomic E-state index is 13.2. The minimum Gasteiger partial charge on any atom is -0.380 e. The van der Waals surface area contributed by atoms with E-state index in [0.717, 1.165) is 60.3 Å². The van der Waals surface area contributed by atoms with Crippen LogP contribution in [0.3, 0.4) is 0 Å². The molecule has 2 fully saturated rings. The van der Waals surface area contributed by atoms with E-state index in [9.17, 15) is 4.79 Å². The Bertz CT molecular complexity index is 1410. The maximum atomic E-state index is 13.2. The third kappa shape index (κ3) is 3.59. The first-order valence-electron chi connectivity index (χ1n) is 11.2. The second-order valence-electron chi connectivity index (χ2n) is 8.96. The van der Waals surface area contributed by atoms with Crippen LogP contribution in [0.2, 0.25) is 0 Å². The van der Waals surface area contributed by atoms with Crippen molar-refractivity contribution in [2.24, 2.45) is 5.41 Å². The summed E-state index contributed by atoms with van der Waals surface area (Å²) in [5.74, 6) is 6.59. The van der Waals surface area contributed by atoms with Gasteiger partial charge in [0.25, 0.3) is 5.91 Å². The number of nitrogens with one attached hydrogen (secondary N) is 1. The van der Waals surface area contributed by atoms with Gasteiger partial charge in [-0.05, 0) is 47.7 Å². The molecule has 0 aliphatic carbocycles. The molecule has 1 spiro atoms. The highest BCUT2D eigenvalue weighted by atomic mass is 16.5. The Morgan fingerprint density at radius 1 is 1.00 bits per heavy atom. The van der Waals surface area contributed by atoms with Gasteiger partial charge in [-0.3, -0.25) is 9.89 Å². The predicted molar refractivity (Wildman–Crippen MR) is 128 cm³/mol. The summed E-state index contributed by atoms with van der Waals surface area (Å²) in [7, 11) is 0. The van der Waals surface area contributed by atoms with Crippen molar-refractivity contribution in [2.75, 3.05) is 26.3 Å². The summed E-state index contributed by atoms with van der Waals surface area (Å²) < 4.78 is 5.39. The molecule has 2 saturated heterocycles. The van der Waals surface area contributed by atoms with E-state index in [4.69, 9.17) is 4.74 Å². The molecule has 0 atom stereocenters. The number of benzene rings is 3. The fourth-order valence-electron chi connectivity index (χ4n) is 4.75. The summed E-state index contributed by atoms with van der Waals surface area (Å²) >= 11 is 0. The van der Waals surface area contributed by atoms with E-state index in [0.29, 0.717) is 11.3 Å². The molecule has 0 saturated carbocycles. The molecule has 0 unspecified atom stereocenters. The van der Waals surface area contributed by atoms with Crippen LogP contribution in [0.5, 0.6) is 0 Å². The molecule has 2 aliphatic heterocycles. The molecule has 5 nitrogen and oxygen atoms in total. The number of nitrogens with zero attached hydrogens (tertiary/aromatic N) is 2. The minimum absolute atomic E-state index is 0.0650. The van der Waals surface area contributed by atoms with Gasteiger partial charge in [0.05, 0.1) is 18.7 Å². The van der Waals surface area contributed by atoms with Crippen molar-refractivity contribution in [1.29, 1.82) is 0 Å². The fourth-order valence-corrected chi connectivity index (χ4v) is 4.75. The number of hydrogen-bond acceptors (Lipinski definition) is 3.